The predicted octanol–water partition coefficient (Wildman–Crippen LogP) is 3.30. The minimum Gasteiger partial charge on any atom is -0.493 e. The molecule has 1 rings (SSSR count). The van der Waals surface area contributed by atoms with Gasteiger partial charge < -0.3 is 9.72 Å². The molecule has 21 heavy (non-hydrogen) atoms. The van der Waals surface area contributed by atoms with Crippen molar-refractivity contribution in [2.24, 2.45) is 5.92 Å². The van der Waals surface area contributed by atoms with Crippen LogP contribution >= 0.6 is 0 Å². The highest BCUT2D eigenvalue weighted by Gasteiger charge is 2.16. The molecule has 0 atom stereocenters. The van der Waals surface area contributed by atoms with Crippen molar-refractivity contribution in [1.82, 2.24) is 9.97 Å². The summed E-state index contributed by atoms with van der Waals surface area (Å²) in [6, 6.07) is 0. The average molecular weight is 292 g/mol. The Morgan fingerprint density at radius 1 is 1.52 bits per heavy atom. The van der Waals surface area contributed by atoms with Gasteiger partial charge in [-0.25, -0.2) is 9.37 Å². The quantitative estimate of drug-likeness (QED) is 0.646. The second-order valence-corrected chi connectivity index (χ2v) is 5.13. The van der Waals surface area contributed by atoms with Crippen molar-refractivity contribution in [3.05, 3.63) is 58.3 Å². The summed E-state index contributed by atoms with van der Waals surface area (Å²) in [6.45, 7) is 12.6. The van der Waals surface area contributed by atoms with E-state index in [2.05, 4.69) is 23.1 Å². The lowest BCUT2D eigenvalue weighted by Crippen LogP contribution is -2.20. The van der Waals surface area contributed by atoms with E-state index in [0.717, 1.165) is 0 Å². The summed E-state index contributed by atoms with van der Waals surface area (Å²) in [5.41, 5.74) is 1.28. The Morgan fingerprint density at radius 3 is 2.52 bits per heavy atom. The lowest BCUT2D eigenvalue weighted by Gasteiger charge is -2.12. The number of aromatic amines is 1. The summed E-state index contributed by atoms with van der Waals surface area (Å²) in [4.78, 5) is 19.2. The Bertz CT molecular complexity index is 642. The first-order valence-electron chi connectivity index (χ1n) is 6.67. The second kappa shape index (κ2) is 7.02. The van der Waals surface area contributed by atoms with Crippen molar-refractivity contribution in [3.8, 4) is 0 Å². The van der Waals surface area contributed by atoms with Crippen LogP contribution in [-0.4, -0.2) is 17.1 Å². The van der Waals surface area contributed by atoms with Crippen LogP contribution in [0.3, 0.4) is 0 Å². The summed E-state index contributed by atoms with van der Waals surface area (Å²) in [5.74, 6) is -0.286. The van der Waals surface area contributed by atoms with Crippen molar-refractivity contribution in [2.75, 3.05) is 7.11 Å². The molecule has 0 aliphatic rings. The van der Waals surface area contributed by atoms with Crippen LogP contribution in [0.25, 0.3) is 5.57 Å². The van der Waals surface area contributed by atoms with Gasteiger partial charge in [-0.05, 0) is 19.3 Å². The van der Waals surface area contributed by atoms with Crippen molar-refractivity contribution in [1.29, 1.82) is 0 Å². The van der Waals surface area contributed by atoms with Gasteiger partial charge in [-0.1, -0.05) is 33.1 Å². The van der Waals surface area contributed by atoms with Gasteiger partial charge in [0.1, 0.15) is 5.82 Å². The summed E-state index contributed by atoms with van der Waals surface area (Å²) >= 11 is 0. The largest absolute Gasteiger partial charge is 0.493 e. The Kier molecular flexibility index (Phi) is 5.64. The van der Waals surface area contributed by atoms with Gasteiger partial charge in [0, 0.05) is 11.3 Å². The number of H-pyrrole nitrogens is 1. The van der Waals surface area contributed by atoms with Crippen molar-refractivity contribution < 1.29 is 9.13 Å². The second-order valence-electron chi connectivity index (χ2n) is 5.13. The molecular weight excluding hydrogens is 271 g/mol. The van der Waals surface area contributed by atoms with Crippen LogP contribution in [0, 0.1) is 12.8 Å². The van der Waals surface area contributed by atoms with Gasteiger partial charge in [-0.15, -0.1) is 0 Å². The fourth-order valence-electron chi connectivity index (χ4n) is 2.05. The van der Waals surface area contributed by atoms with Crippen LogP contribution in [-0.2, 0) is 11.2 Å². The Morgan fingerprint density at radius 2 is 2.14 bits per heavy atom. The van der Waals surface area contributed by atoms with E-state index in [-0.39, 0.29) is 22.7 Å². The lowest BCUT2D eigenvalue weighted by molar-refractivity contribution is 0.286. The fourth-order valence-corrected chi connectivity index (χ4v) is 2.05. The van der Waals surface area contributed by atoms with E-state index in [0.29, 0.717) is 23.6 Å². The third kappa shape index (κ3) is 3.90. The molecule has 0 spiro atoms. The number of nitrogens with zero attached hydrogens (tertiary/aromatic N) is 1. The maximum absolute atomic E-state index is 13.4. The SMILES string of the molecule is C=C/C(=C(/OC)C(=C)F)c1nc(C)c(CC(C)C)c(=O)[nH]1. The molecule has 0 aromatic carbocycles. The van der Waals surface area contributed by atoms with Crippen LogP contribution in [0.15, 0.2) is 35.6 Å². The Hall–Kier alpha value is -2.17. The molecule has 0 aliphatic heterocycles. The predicted molar refractivity (Wildman–Crippen MR) is 82.5 cm³/mol. The Balaban J connectivity index is 3.48. The normalized spacial score (nSPS) is 12.1. The summed E-state index contributed by atoms with van der Waals surface area (Å²) in [5, 5.41) is 0. The standard InChI is InChI=1S/C16H21FN2O2/c1-7-12(14(21-6)10(4)17)15-18-11(5)13(8-9(2)3)16(20)19-15/h7,9H,1,4,8H2,2-3,5-6H3,(H,18,19,20)/b14-12-. The smallest absolute Gasteiger partial charge is 0.254 e. The molecule has 0 radical (unpaired) electrons. The minimum absolute atomic E-state index is 0.0934. The molecule has 1 heterocycles. The van der Waals surface area contributed by atoms with Crippen LogP contribution in [0.5, 0.6) is 0 Å². The van der Waals surface area contributed by atoms with E-state index in [4.69, 9.17) is 4.74 Å². The molecule has 4 nitrogen and oxygen atoms in total. The third-order valence-electron chi connectivity index (χ3n) is 2.99. The lowest BCUT2D eigenvalue weighted by atomic mass is 10.0. The summed E-state index contributed by atoms with van der Waals surface area (Å²) < 4.78 is 18.4. The van der Waals surface area contributed by atoms with E-state index in [1.807, 2.05) is 13.8 Å². The molecular formula is C16H21FN2O2. The van der Waals surface area contributed by atoms with Gasteiger partial charge in [0.25, 0.3) is 5.56 Å². The fraction of sp³-hybridized carbons (Fsp3) is 0.375. The molecule has 0 amide bonds. The number of hydrogen-bond donors (Lipinski definition) is 1. The van der Waals surface area contributed by atoms with E-state index in [9.17, 15) is 9.18 Å². The van der Waals surface area contributed by atoms with E-state index in [1.54, 1.807) is 6.92 Å². The number of nitrogens with one attached hydrogen (secondary N) is 1. The number of methoxy groups -OCH3 is 1. The third-order valence-corrected chi connectivity index (χ3v) is 2.99. The summed E-state index contributed by atoms with van der Waals surface area (Å²) in [6.07, 6.45) is 2.01. The topological polar surface area (TPSA) is 55.0 Å². The van der Waals surface area contributed by atoms with Crippen LogP contribution < -0.4 is 5.56 Å². The van der Waals surface area contributed by atoms with Gasteiger partial charge in [-0.3, -0.25) is 4.79 Å². The van der Waals surface area contributed by atoms with E-state index < -0.39 is 5.83 Å². The van der Waals surface area contributed by atoms with Gasteiger partial charge in [0.2, 0.25) is 0 Å². The van der Waals surface area contributed by atoms with E-state index >= 15 is 0 Å². The highest BCUT2D eigenvalue weighted by molar-refractivity contribution is 5.73. The Labute approximate surface area is 124 Å². The molecule has 0 bridgehead atoms. The van der Waals surface area contributed by atoms with Crippen molar-refractivity contribution >= 4 is 5.57 Å². The minimum atomic E-state index is -0.751. The maximum Gasteiger partial charge on any atom is 0.254 e. The van der Waals surface area contributed by atoms with Crippen molar-refractivity contribution in [2.45, 2.75) is 27.2 Å². The summed E-state index contributed by atoms with van der Waals surface area (Å²) in [7, 11) is 1.32. The molecule has 0 saturated carbocycles. The molecule has 1 aromatic rings. The van der Waals surface area contributed by atoms with Crippen molar-refractivity contribution in [3.63, 3.8) is 0 Å². The monoisotopic (exact) mass is 292 g/mol. The van der Waals surface area contributed by atoms with Gasteiger partial charge in [0.15, 0.2) is 11.6 Å². The number of halogens is 1. The number of aromatic nitrogens is 2. The number of hydrogen-bond acceptors (Lipinski definition) is 3. The molecule has 0 aliphatic carbocycles. The van der Waals surface area contributed by atoms with Crippen LogP contribution in [0.1, 0.15) is 30.9 Å². The van der Waals surface area contributed by atoms with Gasteiger partial charge in [-0.2, -0.15) is 0 Å². The molecule has 114 valence electrons. The first kappa shape index (κ1) is 16.9. The molecule has 0 unspecified atom stereocenters. The zero-order valence-corrected chi connectivity index (χ0v) is 12.9. The highest BCUT2D eigenvalue weighted by atomic mass is 19.1. The van der Waals surface area contributed by atoms with Crippen LogP contribution in [0.2, 0.25) is 0 Å². The maximum atomic E-state index is 13.4. The molecule has 1 N–H and O–H groups in total. The van der Waals surface area contributed by atoms with Gasteiger partial charge in [0.05, 0.1) is 12.7 Å². The molecule has 1 aromatic heterocycles. The number of rotatable bonds is 6. The number of ether oxygens (including phenoxy) is 1. The highest BCUT2D eigenvalue weighted by Crippen LogP contribution is 2.23. The zero-order chi connectivity index (χ0) is 16.2. The van der Waals surface area contributed by atoms with Crippen LogP contribution in [0.4, 0.5) is 4.39 Å². The molecule has 0 fully saturated rings. The molecule has 5 heteroatoms. The number of allylic oxidation sites excluding steroid dienone is 3. The van der Waals surface area contributed by atoms with E-state index in [1.165, 1.54) is 13.2 Å². The van der Waals surface area contributed by atoms with Gasteiger partial charge >= 0.3 is 0 Å². The number of aryl methyl sites for hydroxylation is 1. The first-order valence-corrected chi connectivity index (χ1v) is 6.67. The zero-order valence-electron chi connectivity index (χ0n) is 12.9. The average Bonchev–Trinajstić information content (AvgIpc) is 2.39. The molecule has 0 saturated heterocycles. The first-order chi connectivity index (χ1) is 9.81.